The zero-order valence-corrected chi connectivity index (χ0v) is 11.6. The van der Waals surface area contributed by atoms with Gasteiger partial charge in [-0.1, -0.05) is 6.07 Å². The quantitative estimate of drug-likeness (QED) is 0.723. The van der Waals surface area contributed by atoms with Crippen LogP contribution in [-0.4, -0.2) is 36.5 Å². The van der Waals surface area contributed by atoms with Gasteiger partial charge >= 0.3 is 0 Å². The Hall–Kier alpha value is -1.26. The van der Waals surface area contributed by atoms with Gasteiger partial charge in [0.25, 0.3) is 0 Å². The molecular weight excluding hydrogens is 228 g/mol. The highest BCUT2D eigenvalue weighted by Crippen LogP contribution is 2.29. The van der Waals surface area contributed by atoms with Crippen molar-refractivity contribution in [2.75, 3.05) is 25.1 Å². The molecule has 4 heteroatoms. The molecule has 1 aromatic rings. The molecule has 0 aliphatic rings. The summed E-state index contributed by atoms with van der Waals surface area (Å²) in [6.45, 7) is 6.81. The molecule has 3 N–H and O–H groups in total. The maximum Gasteiger partial charge on any atom is 0.122 e. The number of hydrogen-bond donors (Lipinski definition) is 3. The summed E-state index contributed by atoms with van der Waals surface area (Å²) in [6.07, 6.45) is 0. The fourth-order valence-corrected chi connectivity index (χ4v) is 2.03. The zero-order valence-electron chi connectivity index (χ0n) is 11.6. The van der Waals surface area contributed by atoms with E-state index in [1.165, 1.54) is 0 Å². The second kappa shape index (κ2) is 6.61. The second-order valence-electron chi connectivity index (χ2n) is 4.76. The van der Waals surface area contributed by atoms with Crippen LogP contribution >= 0.6 is 0 Å². The fourth-order valence-electron chi connectivity index (χ4n) is 2.03. The van der Waals surface area contributed by atoms with E-state index in [1.807, 2.05) is 26.1 Å². The van der Waals surface area contributed by atoms with Crippen molar-refractivity contribution in [3.05, 3.63) is 23.8 Å². The van der Waals surface area contributed by atoms with Crippen LogP contribution in [0.1, 0.15) is 32.4 Å². The third-order valence-corrected chi connectivity index (χ3v) is 3.21. The lowest BCUT2D eigenvalue weighted by molar-refractivity contribution is 0.299. The molecule has 1 atom stereocenters. The molecule has 18 heavy (non-hydrogen) atoms. The van der Waals surface area contributed by atoms with Crippen LogP contribution in [-0.2, 0) is 0 Å². The summed E-state index contributed by atoms with van der Waals surface area (Å²) in [5.41, 5.74) is 1.82. The molecule has 102 valence electrons. The van der Waals surface area contributed by atoms with Crippen LogP contribution < -0.4 is 10.2 Å². The molecule has 0 amide bonds. The molecule has 4 nitrogen and oxygen atoms in total. The summed E-state index contributed by atoms with van der Waals surface area (Å²) in [7, 11) is 1.87. The van der Waals surface area contributed by atoms with Crippen LogP contribution in [0, 0.1) is 0 Å². The third kappa shape index (κ3) is 3.37. The molecule has 0 aromatic heterocycles. The number of aliphatic hydroxyl groups is 1. The number of phenolic OH excluding ortho intramolecular Hbond substituents is 1. The first-order chi connectivity index (χ1) is 8.51. The van der Waals surface area contributed by atoms with Gasteiger partial charge in [-0.25, -0.2) is 0 Å². The van der Waals surface area contributed by atoms with Crippen molar-refractivity contribution >= 4 is 5.69 Å². The minimum atomic E-state index is 0.105. The summed E-state index contributed by atoms with van der Waals surface area (Å²) in [4.78, 5) is 2.06. The van der Waals surface area contributed by atoms with Crippen molar-refractivity contribution in [2.24, 2.45) is 0 Å². The number of aromatic hydroxyl groups is 1. The van der Waals surface area contributed by atoms with E-state index in [0.29, 0.717) is 6.54 Å². The van der Waals surface area contributed by atoms with Crippen LogP contribution in [0.5, 0.6) is 5.75 Å². The molecule has 0 bridgehead atoms. The molecule has 0 radical (unpaired) electrons. The van der Waals surface area contributed by atoms with Crippen LogP contribution in [0.3, 0.4) is 0 Å². The van der Waals surface area contributed by atoms with E-state index in [-0.39, 0.29) is 24.4 Å². The van der Waals surface area contributed by atoms with Crippen molar-refractivity contribution in [1.29, 1.82) is 0 Å². The van der Waals surface area contributed by atoms with Crippen molar-refractivity contribution in [2.45, 2.75) is 32.9 Å². The lowest BCUT2D eigenvalue weighted by Crippen LogP contribution is -2.33. The first-order valence-electron chi connectivity index (χ1n) is 6.39. The Morgan fingerprint density at radius 3 is 2.39 bits per heavy atom. The largest absolute Gasteiger partial charge is 0.508 e. The number of nitrogens with zero attached hydrogens (tertiary/aromatic N) is 1. The van der Waals surface area contributed by atoms with Gasteiger partial charge in [0, 0.05) is 35.9 Å². The minimum Gasteiger partial charge on any atom is -0.508 e. The topological polar surface area (TPSA) is 55.7 Å². The van der Waals surface area contributed by atoms with E-state index in [4.69, 9.17) is 5.11 Å². The van der Waals surface area contributed by atoms with Gasteiger partial charge in [0.2, 0.25) is 0 Å². The van der Waals surface area contributed by atoms with Crippen molar-refractivity contribution < 1.29 is 10.2 Å². The Labute approximate surface area is 109 Å². The number of nitrogens with one attached hydrogen (secondary N) is 1. The predicted molar refractivity (Wildman–Crippen MR) is 75.1 cm³/mol. The fraction of sp³-hybridized carbons (Fsp3) is 0.571. The summed E-state index contributed by atoms with van der Waals surface area (Å²) < 4.78 is 0. The van der Waals surface area contributed by atoms with Gasteiger partial charge in [-0.05, 0) is 33.9 Å². The number of benzene rings is 1. The van der Waals surface area contributed by atoms with Crippen molar-refractivity contribution in [3.63, 3.8) is 0 Å². The number of aliphatic hydroxyl groups excluding tert-OH is 1. The SMILES string of the molecule is CNC(C)c1ccc(N(CCO)C(C)C)cc1O. The van der Waals surface area contributed by atoms with E-state index in [1.54, 1.807) is 6.07 Å². The van der Waals surface area contributed by atoms with Crippen LogP contribution in [0.2, 0.25) is 0 Å². The Balaban J connectivity index is 3.01. The van der Waals surface area contributed by atoms with E-state index in [0.717, 1.165) is 11.3 Å². The molecule has 1 unspecified atom stereocenters. The lowest BCUT2D eigenvalue weighted by Gasteiger charge is -2.29. The molecule has 0 spiro atoms. The van der Waals surface area contributed by atoms with Gasteiger partial charge in [0.1, 0.15) is 5.75 Å². The minimum absolute atomic E-state index is 0.105. The lowest BCUT2D eigenvalue weighted by atomic mass is 10.1. The molecule has 1 aromatic carbocycles. The molecule has 0 saturated heterocycles. The van der Waals surface area contributed by atoms with Crippen LogP contribution in [0.25, 0.3) is 0 Å². The Morgan fingerprint density at radius 1 is 1.28 bits per heavy atom. The average molecular weight is 252 g/mol. The average Bonchev–Trinajstić information content (AvgIpc) is 2.34. The standard InChI is InChI=1S/C14H24N2O2/c1-10(2)16(7-8-17)12-5-6-13(11(3)15-4)14(18)9-12/h5-6,9-11,15,17-18H,7-8H2,1-4H3. The predicted octanol–water partition coefficient (Wildman–Crippen LogP) is 1.88. The summed E-state index contributed by atoms with van der Waals surface area (Å²) in [5, 5.41) is 22.3. The highest BCUT2D eigenvalue weighted by atomic mass is 16.3. The first kappa shape index (κ1) is 14.8. The molecule has 0 aliphatic carbocycles. The van der Waals surface area contributed by atoms with E-state index in [9.17, 15) is 5.11 Å². The maximum atomic E-state index is 10.1. The number of hydrogen-bond acceptors (Lipinski definition) is 4. The van der Waals surface area contributed by atoms with Gasteiger partial charge in [0.05, 0.1) is 6.61 Å². The number of phenols is 1. The summed E-state index contributed by atoms with van der Waals surface area (Å²) in [5.74, 6) is 0.290. The number of rotatable bonds is 6. The van der Waals surface area contributed by atoms with Gasteiger partial charge in [-0.3, -0.25) is 0 Å². The molecule has 0 heterocycles. The van der Waals surface area contributed by atoms with Gasteiger partial charge in [0.15, 0.2) is 0 Å². The third-order valence-electron chi connectivity index (χ3n) is 3.21. The Bertz CT molecular complexity index is 380. The molecule has 1 rings (SSSR count). The van der Waals surface area contributed by atoms with Gasteiger partial charge in [-0.15, -0.1) is 0 Å². The smallest absolute Gasteiger partial charge is 0.122 e. The molecular formula is C14H24N2O2. The zero-order chi connectivity index (χ0) is 13.7. The highest BCUT2D eigenvalue weighted by Gasteiger charge is 2.14. The van der Waals surface area contributed by atoms with Crippen molar-refractivity contribution in [3.8, 4) is 5.75 Å². The molecule has 0 fully saturated rings. The first-order valence-corrected chi connectivity index (χ1v) is 6.39. The van der Waals surface area contributed by atoms with E-state index < -0.39 is 0 Å². The normalized spacial score (nSPS) is 12.8. The Morgan fingerprint density at radius 2 is 1.94 bits per heavy atom. The number of anilines is 1. The molecule has 0 saturated carbocycles. The molecule has 0 aliphatic heterocycles. The maximum absolute atomic E-state index is 10.1. The van der Waals surface area contributed by atoms with Gasteiger partial charge < -0.3 is 20.4 Å². The highest BCUT2D eigenvalue weighted by molar-refractivity contribution is 5.54. The van der Waals surface area contributed by atoms with Crippen LogP contribution in [0.4, 0.5) is 5.69 Å². The van der Waals surface area contributed by atoms with Gasteiger partial charge in [-0.2, -0.15) is 0 Å². The summed E-state index contributed by atoms with van der Waals surface area (Å²) in [6, 6.07) is 6.07. The van der Waals surface area contributed by atoms with Crippen LogP contribution in [0.15, 0.2) is 18.2 Å². The summed E-state index contributed by atoms with van der Waals surface area (Å²) >= 11 is 0. The van der Waals surface area contributed by atoms with E-state index in [2.05, 4.69) is 24.1 Å². The Kier molecular flexibility index (Phi) is 5.44. The monoisotopic (exact) mass is 252 g/mol. The van der Waals surface area contributed by atoms with Crippen molar-refractivity contribution in [1.82, 2.24) is 5.32 Å². The van der Waals surface area contributed by atoms with E-state index >= 15 is 0 Å². The second-order valence-corrected chi connectivity index (χ2v) is 4.76.